The first kappa shape index (κ1) is 15.8. The maximum Gasteiger partial charge on any atom is 0.358 e. The minimum atomic E-state index is -0.538. The Kier molecular flexibility index (Phi) is 4.26. The minimum Gasteiger partial charge on any atom is -0.333 e. The monoisotopic (exact) mass is 291 g/mol. The van der Waals surface area contributed by atoms with Gasteiger partial charge >= 0.3 is 5.97 Å². The smallest absolute Gasteiger partial charge is 0.333 e. The number of hydrogen-bond acceptors (Lipinski definition) is 3. The van der Waals surface area contributed by atoms with Gasteiger partial charge in [0.25, 0.3) is 5.91 Å². The lowest BCUT2D eigenvalue weighted by Crippen LogP contribution is -2.45. The fourth-order valence-electron chi connectivity index (χ4n) is 3.63. The first-order valence-electron chi connectivity index (χ1n) is 7.73. The fraction of sp³-hybridized carbons (Fsp3) is 0.647. The van der Waals surface area contributed by atoms with E-state index in [1.165, 1.54) is 10.6 Å². The van der Waals surface area contributed by atoms with Crippen molar-refractivity contribution in [3.63, 3.8) is 0 Å². The molecule has 2 rings (SSSR count). The van der Waals surface area contributed by atoms with Crippen molar-refractivity contribution in [2.45, 2.75) is 47.0 Å². The van der Waals surface area contributed by atoms with Crippen LogP contribution in [-0.4, -0.2) is 23.5 Å². The number of carbonyl (C=O) groups is 2. The summed E-state index contributed by atoms with van der Waals surface area (Å²) < 4.78 is 0. The van der Waals surface area contributed by atoms with Crippen LogP contribution in [-0.2, 0) is 14.4 Å². The van der Waals surface area contributed by atoms with Gasteiger partial charge in [0.15, 0.2) is 0 Å². The molecule has 2 bridgehead atoms. The first-order chi connectivity index (χ1) is 9.81. The Morgan fingerprint density at radius 1 is 1.52 bits per heavy atom. The molecule has 0 N–H and O–H groups in total. The number of hydrogen-bond donors (Lipinski definition) is 0. The molecular formula is C17H25NO3. The maximum absolute atomic E-state index is 13.0. The van der Waals surface area contributed by atoms with Crippen LogP contribution in [0.2, 0.25) is 0 Å². The highest BCUT2D eigenvalue weighted by Crippen LogP contribution is 2.56. The lowest BCUT2D eigenvalue weighted by molar-refractivity contribution is -0.199. The molecule has 1 saturated carbocycles. The highest BCUT2D eigenvalue weighted by atomic mass is 16.7. The molecule has 116 valence electrons. The molecule has 0 aromatic heterocycles. The van der Waals surface area contributed by atoms with Gasteiger partial charge in [0.1, 0.15) is 0 Å². The summed E-state index contributed by atoms with van der Waals surface area (Å²) in [6, 6.07) is 0. The fourth-order valence-corrected chi connectivity index (χ4v) is 3.63. The topological polar surface area (TPSA) is 46.6 Å². The molecule has 0 aromatic carbocycles. The predicted molar refractivity (Wildman–Crippen MR) is 81.0 cm³/mol. The van der Waals surface area contributed by atoms with E-state index in [0.29, 0.717) is 24.0 Å². The normalized spacial score (nSPS) is 26.7. The maximum atomic E-state index is 13.0. The van der Waals surface area contributed by atoms with Gasteiger partial charge in [-0.15, -0.1) is 0 Å². The van der Waals surface area contributed by atoms with Crippen molar-refractivity contribution in [3.05, 3.63) is 23.8 Å². The number of allylic oxidation sites excluding steroid dienone is 1. The van der Waals surface area contributed by atoms with E-state index in [2.05, 4.69) is 26.5 Å². The number of nitrogens with zero attached hydrogens (tertiary/aromatic N) is 1. The van der Waals surface area contributed by atoms with Crippen LogP contribution in [0, 0.1) is 17.3 Å². The minimum absolute atomic E-state index is 0.0699. The molecule has 0 saturated heterocycles. The van der Waals surface area contributed by atoms with E-state index in [0.717, 1.165) is 19.3 Å². The molecule has 0 aromatic rings. The highest BCUT2D eigenvalue weighted by molar-refractivity contribution is 5.91. The summed E-state index contributed by atoms with van der Waals surface area (Å²) in [6.07, 6.45) is 5.04. The number of carbonyl (C=O) groups excluding carboxylic acids is 2. The van der Waals surface area contributed by atoms with E-state index in [-0.39, 0.29) is 5.91 Å². The average Bonchev–Trinajstić information content (AvgIpc) is 3.02. The van der Waals surface area contributed by atoms with E-state index in [9.17, 15) is 9.59 Å². The number of rotatable bonds is 4. The molecule has 2 unspecified atom stereocenters. The van der Waals surface area contributed by atoms with Gasteiger partial charge in [0.05, 0.1) is 12.0 Å². The Morgan fingerprint density at radius 3 is 2.67 bits per heavy atom. The van der Waals surface area contributed by atoms with Crippen LogP contribution in [0.1, 0.15) is 47.0 Å². The molecule has 0 spiro atoms. The van der Waals surface area contributed by atoms with Crippen LogP contribution < -0.4 is 0 Å². The molecule has 1 fully saturated rings. The predicted octanol–water partition coefficient (Wildman–Crippen LogP) is 3.25. The van der Waals surface area contributed by atoms with Crippen molar-refractivity contribution < 1.29 is 14.4 Å². The zero-order chi connectivity index (χ0) is 15.8. The zero-order valence-electron chi connectivity index (χ0n) is 13.4. The van der Waals surface area contributed by atoms with Gasteiger partial charge in [0.2, 0.25) is 0 Å². The number of fused-ring (bicyclic) bond motifs is 2. The van der Waals surface area contributed by atoms with E-state index in [1.54, 1.807) is 6.92 Å². The second kappa shape index (κ2) is 5.66. The average molecular weight is 291 g/mol. The van der Waals surface area contributed by atoms with Crippen molar-refractivity contribution >= 4 is 11.9 Å². The lowest BCUT2D eigenvalue weighted by Gasteiger charge is -2.35. The second-order valence-electron chi connectivity index (χ2n) is 6.52. The molecular weight excluding hydrogens is 266 g/mol. The van der Waals surface area contributed by atoms with Crippen molar-refractivity contribution in [1.29, 1.82) is 0 Å². The van der Waals surface area contributed by atoms with Crippen molar-refractivity contribution in [2.75, 3.05) is 6.54 Å². The first-order valence-corrected chi connectivity index (χ1v) is 7.73. The Labute approximate surface area is 126 Å². The molecule has 4 nitrogen and oxygen atoms in total. The van der Waals surface area contributed by atoms with E-state index >= 15 is 0 Å². The molecule has 4 heteroatoms. The third-order valence-electron chi connectivity index (χ3n) is 4.61. The third kappa shape index (κ3) is 2.63. The van der Waals surface area contributed by atoms with Crippen LogP contribution in [0.4, 0.5) is 0 Å². The second-order valence-corrected chi connectivity index (χ2v) is 6.52. The van der Waals surface area contributed by atoms with Crippen molar-refractivity contribution in [3.8, 4) is 0 Å². The molecule has 0 aliphatic heterocycles. The molecule has 1 amide bonds. The van der Waals surface area contributed by atoms with Gasteiger partial charge in [-0.25, -0.2) is 4.79 Å². The van der Waals surface area contributed by atoms with Crippen LogP contribution >= 0.6 is 0 Å². The molecule has 2 atom stereocenters. The van der Waals surface area contributed by atoms with Gasteiger partial charge in [-0.3, -0.25) is 4.79 Å². The Hall–Kier alpha value is -1.58. The van der Waals surface area contributed by atoms with Gasteiger partial charge in [-0.05, 0) is 44.9 Å². The summed E-state index contributed by atoms with van der Waals surface area (Å²) in [6.45, 7) is 11.6. The number of amides is 1. The SMILES string of the molecule is C=C(C)C(=O)ON(CC)C(=O)C12CCC(C=C1C(C)C)C2. The van der Waals surface area contributed by atoms with E-state index in [4.69, 9.17) is 4.84 Å². The lowest BCUT2D eigenvalue weighted by atomic mass is 9.74. The summed E-state index contributed by atoms with van der Waals surface area (Å²) in [5.74, 6) is 0.237. The Bertz CT molecular complexity index is 506. The number of hydroxylamine groups is 2. The van der Waals surface area contributed by atoms with Crippen molar-refractivity contribution in [1.82, 2.24) is 5.06 Å². The largest absolute Gasteiger partial charge is 0.358 e. The highest BCUT2D eigenvalue weighted by Gasteiger charge is 2.54. The standard InChI is InChI=1S/C17H25NO3/c1-6-18(21-15(19)12(4)5)16(20)17-8-7-13(10-17)9-14(17)11(2)3/h9,11,13H,4,6-8,10H2,1-3,5H3. The summed E-state index contributed by atoms with van der Waals surface area (Å²) >= 11 is 0. The molecule has 2 aliphatic rings. The van der Waals surface area contributed by atoms with E-state index in [1.807, 2.05) is 6.92 Å². The van der Waals surface area contributed by atoms with Crippen LogP contribution in [0.15, 0.2) is 23.8 Å². The zero-order valence-corrected chi connectivity index (χ0v) is 13.4. The molecule has 2 aliphatic carbocycles. The van der Waals surface area contributed by atoms with Gasteiger partial charge in [-0.1, -0.05) is 32.1 Å². The van der Waals surface area contributed by atoms with Crippen molar-refractivity contribution in [2.24, 2.45) is 17.3 Å². The summed E-state index contributed by atoms with van der Waals surface area (Å²) in [5.41, 5.74) is 1.06. The quantitative estimate of drug-likeness (QED) is 0.454. The van der Waals surface area contributed by atoms with Gasteiger partial charge < -0.3 is 4.84 Å². The van der Waals surface area contributed by atoms with Crippen LogP contribution in [0.3, 0.4) is 0 Å². The Balaban J connectivity index is 2.23. The van der Waals surface area contributed by atoms with Gasteiger partial charge in [0, 0.05) is 5.57 Å². The summed E-state index contributed by atoms with van der Waals surface area (Å²) in [5, 5.41) is 1.22. The van der Waals surface area contributed by atoms with Crippen LogP contribution in [0.5, 0.6) is 0 Å². The van der Waals surface area contributed by atoms with E-state index < -0.39 is 11.4 Å². The summed E-state index contributed by atoms with van der Waals surface area (Å²) in [4.78, 5) is 30.0. The third-order valence-corrected chi connectivity index (χ3v) is 4.61. The van der Waals surface area contributed by atoms with Crippen LogP contribution in [0.25, 0.3) is 0 Å². The molecule has 0 heterocycles. The van der Waals surface area contributed by atoms with Gasteiger partial charge in [-0.2, -0.15) is 5.06 Å². The molecule has 21 heavy (non-hydrogen) atoms. The summed E-state index contributed by atoms with van der Waals surface area (Å²) in [7, 11) is 0. The molecule has 0 radical (unpaired) electrons. The Morgan fingerprint density at radius 2 is 2.19 bits per heavy atom.